The summed E-state index contributed by atoms with van der Waals surface area (Å²) >= 11 is 3.21. The number of nitrogens with one attached hydrogen (secondary N) is 1. The molecule has 20 heavy (non-hydrogen) atoms. The van der Waals surface area contributed by atoms with Crippen LogP contribution in [-0.2, 0) is 4.79 Å². The number of benzene rings is 1. The van der Waals surface area contributed by atoms with Gasteiger partial charge < -0.3 is 10.4 Å². The lowest BCUT2D eigenvalue weighted by Gasteiger charge is -2.14. The zero-order valence-corrected chi connectivity index (χ0v) is 11.9. The second-order valence-corrected chi connectivity index (χ2v) is 4.84. The highest BCUT2D eigenvalue weighted by atomic mass is 79.9. The van der Waals surface area contributed by atoms with Crippen molar-refractivity contribution in [3.05, 3.63) is 64.4 Å². The molecule has 5 nitrogen and oxygen atoms in total. The Morgan fingerprint density at radius 2 is 1.85 bits per heavy atom. The largest absolute Gasteiger partial charge is 0.479 e. The van der Waals surface area contributed by atoms with Crippen molar-refractivity contribution in [2.24, 2.45) is 0 Å². The van der Waals surface area contributed by atoms with Gasteiger partial charge in [-0.2, -0.15) is 0 Å². The number of rotatable bonds is 4. The van der Waals surface area contributed by atoms with E-state index < -0.39 is 17.9 Å². The Balaban J connectivity index is 2.24. The topological polar surface area (TPSA) is 79.3 Å². The molecular formula is C14H11BrN2O3. The number of halogens is 1. The second-order valence-electron chi connectivity index (χ2n) is 3.99. The van der Waals surface area contributed by atoms with E-state index in [-0.39, 0.29) is 5.69 Å². The van der Waals surface area contributed by atoms with Crippen LogP contribution in [0.3, 0.4) is 0 Å². The molecule has 1 amide bonds. The van der Waals surface area contributed by atoms with E-state index in [9.17, 15) is 14.7 Å². The summed E-state index contributed by atoms with van der Waals surface area (Å²) < 4.78 is 0.509. The lowest BCUT2D eigenvalue weighted by Crippen LogP contribution is -2.34. The van der Waals surface area contributed by atoms with Crippen LogP contribution in [0.4, 0.5) is 0 Å². The number of hydrogen-bond acceptors (Lipinski definition) is 3. The third-order valence-electron chi connectivity index (χ3n) is 2.63. The molecule has 6 heteroatoms. The minimum Gasteiger partial charge on any atom is -0.479 e. The molecule has 2 N–H and O–H groups in total. The lowest BCUT2D eigenvalue weighted by atomic mass is 10.1. The molecule has 2 rings (SSSR count). The van der Waals surface area contributed by atoms with Gasteiger partial charge in [0.05, 0.1) is 0 Å². The first-order valence-corrected chi connectivity index (χ1v) is 6.58. The summed E-state index contributed by atoms with van der Waals surface area (Å²) in [6.07, 6.45) is 1.47. The van der Waals surface area contributed by atoms with Crippen LogP contribution in [0.15, 0.2) is 53.1 Å². The standard InChI is InChI=1S/C14H11BrN2O3/c15-10-7-4-8-16-12(10)13(18)17-11(14(19)20)9-5-2-1-3-6-9/h1-8,11H,(H,17,18)(H,19,20)/t11-/m1/s1. The molecular weight excluding hydrogens is 324 g/mol. The van der Waals surface area contributed by atoms with Gasteiger partial charge in [-0.3, -0.25) is 4.79 Å². The maximum absolute atomic E-state index is 12.1. The zero-order chi connectivity index (χ0) is 14.5. The van der Waals surface area contributed by atoms with Crippen molar-refractivity contribution in [2.75, 3.05) is 0 Å². The molecule has 0 aliphatic heterocycles. The van der Waals surface area contributed by atoms with Crippen molar-refractivity contribution in [3.63, 3.8) is 0 Å². The van der Waals surface area contributed by atoms with E-state index in [0.717, 1.165) is 0 Å². The molecule has 0 radical (unpaired) electrons. The summed E-state index contributed by atoms with van der Waals surface area (Å²) in [5.41, 5.74) is 0.648. The van der Waals surface area contributed by atoms with Gasteiger partial charge in [0.25, 0.3) is 5.91 Å². The SMILES string of the molecule is O=C(N[C@@H](C(=O)O)c1ccccc1)c1ncccc1Br. The van der Waals surface area contributed by atoms with Crippen LogP contribution >= 0.6 is 15.9 Å². The lowest BCUT2D eigenvalue weighted by molar-refractivity contribution is -0.139. The molecule has 0 aliphatic rings. The van der Waals surface area contributed by atoms with Crippen molar-refractivity contribution in [3.8, 4) is 0 Å². The third kappa shape index (κ3) is 3.21. The van der Waals surface area contributed by atoms with Crippen LogP contribution in [-0.4, -0.2) is 22.0 Å². The normalized spacial score (nSPS) is 11.7. The predicted molar refractivity (Wildman–Crippen MR) is 76.2 cm³/mol. The number of aromatic nitrogens is 1. The quantitative estimate of drug-likeness (QED) is 0.899. The van der Waals surface area contributed by atoms with Gasteiger partial charge >= 0.3 is 5.97 Å². The molecule has 0 bridgehead atoms. The second kappa shape index (κ2) is 6.29. The first kappa shape index (κ1) is 14.2. The van der Waals surface area contributed by atoms with Gasteiger partial charge in [0.2, 0.25) is 0 Å². The zero-order valence-electron chi connectivity index (χ0n) is 10.3. The molecule has 0 unspecified atom stereocenters. The van der Waals surface area contributed by atoms with Crippen LogP contribution in [0.1, 0.15) is 22.1 Å². The Bertz CT molecular complexity index is 631. The molecule has 2 aromatic rings. The average molecular weight is 335 g/mol. The van der Waals surface area contributed by atoms with Gasteiger partial charge in [-0.15, -0.1) is 0 Å². The number of carboxylic acids is 1. The molecule has 0 saturated heterocycles. The highest BCUT2D eigenvalue weighted by molar-refractivity contribution is 9.10. The molecule has 1 heterocycles. The maximum Gasteiger partial charge on any atom is 0.330 e. The fraction of sp³-hybridized carbons (Fsp3) is 0.0714. The van der Waals surface area contributed by atoms with Crippen molar-refractivity contribution < 1.29 is 14.7 Å². The molecule has 0 aliphatic carbocycles. The number of pyridine rings is 1. The van der Waals surface area contributed by atoms with Gasteiger partial charge in [0.1, 0.15) is 5.69 Å². The van der Waals surface area contributed by atoms with Crippen LogP contribution in [0.5, 0.6) is 0 Å². The van der Waals surface area contributed by atoms with Crippen LogP contribution in [0.2, 0.25) is 0 Å². The van der Waals surface area contributed by atoms with Crippen molar-refractivity contribution in [1.82, 2.24) is 10.3 Å². The van der Waals surface area contributed by atoms with Crippen molar-refractivity contribution in [2.45, 2.75) is 6.04 Å². The van der Waals surface area contributed by atoms with Gasteiger partial charge in [-0.1, -0.05) is 30.3 Å². The van der Waals surface area contributed by atoms with E-state index in [1.54, 1.807) is 42.5 Å². The molecule has 0 saturated carbocycles. The number of carbonyl (C=O) groups is 2. The van der Waals surface area contributed by atoms with Crippen LogP contribution < -0.4 is 5.32 Å². The summed E-state index contributed by atoms with van der Waals surface area (Å²) in [5, 5.41) is 11.7. The number of amides is 1. The fourth-order valence-corrected chi connectivity index (χ4v) is 2.12. The van der Waals surface area contributed by atoms with E-state index in [0.29, 0.717) is 10.0 Å². The summed E-state index contributed by atoms with van der Waals surface area (Å²) in [5.74, 6) is -1.68. The summed E-state index contributed by atoms with van der Waals surface area (Å²) in [4.78, 5) is 27.3. The summed E-state index contributed by atoms with van der Waals surface area (Å²) in [6.45, 7) is 0. The highest BCUT2D eigenvalue weighted by Crippen LogP contribution is 2.17. The smallest absolute Gasteiger partial charge is 0.330 e. The Kier molecular flexibility index (Phi) is 4.47. The number of aliphatic carboxylic acids is 1. The molecule has 1 atom stereocenters. The Labute approximate surface area is 123 Å². The fourth-order valence-electron chi connectivity index (χ4n) is 1.69. The van der Waals surface area contributed by atoms with Gasteiger partial charge in [0.15, 0.2) is 6.04 Å². The van der Waals surface area contributed by atoms with E-state index in [1.165, 1.54) is 6.20 Å². The van der Waals surface area contributed by atoms with E-state index >= 15 is 0 Å². The van der Waals surface area contributed by atoms with Gasteiger partial charge in [0, 0.05) is 10.7 Å². The van der Waals surface area contributed by atoms with E-state index in [1.807, 2.05) is 0 Å². The minimum absolute atomic E-state index is 0.148. The van der Waals surface area contributed by atoms with Gasteiger partial charge in [-0.25, -0.2) is 9.78 Å². The van der Waals surface area contributed by atoms with E-state index in [4.69, 9.17) is 0 Å². The first-order chi connectivity index (χ1) is 9.59. The summed E-state index contributed by atoms with van der Waals surface area (Å²) in [7, 11) is 0. The summed E-state index contributed by atoms with van der Waals surface area (Å²) in [6, 6.07) is 10.7. The van der Waals surface area contributed by atoms with Crippen molar-refractivity contribution in [1.29, 1.82) is 0 Å². The van der Waals surface area contributed by atoms with E-state index in [2.05, 4.69) is 26.2 Å². The average Bonchev–Trinajstić information content (AvgIpc) is 2.45. The predicted octanol–water partition coefficient (Wildman–Crippen LogP) is 2.40. The Morgan fingerprint density at radius 1 is 1.15 bits per heavy atom. The number of hydrogen-bond donors (Lipinski definition) is 2. The number of nitrogens with zero attached hydrogens (tertiary/aromatic N) is 1. The monoisotopic (exact) mass is 334 g/mol. The third-order valence-corrected chi connectivity index (χ3v) is 3.27. The molecule has 0 fully saturated rings. The molecule has 0 spiro atoms. The van der Waals surface area contributed by atoms with Crippen LogP contribution in [0, 0.1) is 0 Å². The molecule has 1 aromatic heterocycles. The van der Waals surface area contributed by atoms with Crippen molar-refractivity contribution >= 4 is 27.8 Å². The molecule has 1 aromatic carbocycles. The Morgan fingerprint density at radius 3 is 2.45 bits per heavy atom. The first-order valence-electron chi connectivity index (χ1n) is 5.78. The highest BCUT2D eigenvalue weighted by Gasteiger charge is 2.23. The Hall–Kier alpha value is -2.21. The molecule has 102 valence electrons. The van der Waals surface area contributed by atoms with Gasteiger partial charge in [-0.05, 0) is 33.6 Å². The number of carboxylic acid groups (broad SMARTS) is 1. The maximum atomic E-state index is 12.1. The minimum atomic E-state index is -1.13. The van der Waals surface area contributed by atoms with Crippen LogP contribution in [0.25, 0.3) is 0 Å². The number of carbonyl (C=O) groups excluding carboxylic acids is 1.